The molecule has 0 spiro atoms. The molecule has 3 heterocycles. The Kier molecular flexibility index (Phi) is 3.55. The maximum Gasteiger partial charge on any atom is 0.261 e. The van der Waals surface area contributed by atoms with E-state index in [0.717, 1.165) is 43.1 Å². The Labute approximate surface area is 149 Å². The van der Waals surface area contributed by atoms with Gasteiger partial charge >= 0.3 is 0 Å². The van der Waals surface area contributed by atoms with Gasteiger partial charge in [-0.25, -0.2) is 4.98 Å². The highest BCUT2D eigenvalue weighted by molar-refractivity contribution is 6.99. The summed E-state index contributed by atoms with van der Waals surface area (Å²) in [6.07, 6.45) is 6.31. The molecule has 1 aliphatic carbocycles. The van der Waals surface area contributed by atoms with Crippen molar-refractivity contribution in [3.63, 3.8) is 0 Å². The molecule has 0 amide bonds. The lowest BCUT2D eigenvalue weighted by Crippen LogP contribution is -2.33. The molecule has 5 rings (SSSR count). The summed E-state index contributed by atoms with van der Waals surface area (Å²) in [4.78, 5) is 20.3. The minimum Gasteiger partial charge on any atom is -0.344 e. The lowest BCUT2D eigenvalue weighted by Gasteiger charge is -2.26. The number of anilines is 1. The van der Waals surface area contributed by atoms with Crippen LogP contribution in [0.5, 0.6) is 0 Å². The van der Waals surface area contributed by atoms with Gasteiger partial charge < -0.3 is 4.90 Å². The summed E-state index contributed by atoms with van der Waals surface area (Å²) in [7, 11) is 0. The van der Waals surface area contributed by atoms with E-state index in [-0.39, 0.29) is 11.6 Å². The number of para-hydroxylation sites is 1. The Bertz CT molecular complexity index is 963. The maximum atomic E-state index is 13.1. The minimum atomic E-state index is 0.0933. The van der Waals surface area contributed by atoms with Crippen LogP contribution in [0.25, 0.3) is 10.9 Å². The van der Waals surface area contributed by atoms with E-state index in [1.807, 2.05) is 35.0 Å². The normalized spacial score (nSPS) is 20.5. The van der Waals surface area contributed by atoms with Crippen LogP contribution >= 0.6 is 11.7 Å². The summed E-state index contributed by atoms with van der Waals surface area (Å²) >= 11 is 1.22. The minimum absolute atomic E-state index is 0.0933. The van der Waals surface area contributed by atoms with Crippen LogP contribution in [0, 0.1) is 5.92 Å². The monoisotopic (exact) mass is 353 g/mol. The lowest BCUT2D eigenvalue weighted by molar-refractivity contribution is 0.526. The Morgan fingerprint density at radius 3 is 2.88 bits per heavy atom. The van der Waals surface area contributed by atoms with Gasteiger partial charge in [0.15, 0.2) is 5.82 Å². The smallest absolute Gasteiger partial charge is 0.261 e. The van der Waals surface area contributed by atoms with Crippen molar-refractivity contribution in [2.45, 2.75) is 38.3 Å². The third-order valence-corrected chi connectivity index (χ3v) is 5.69. The van der Waals surface area contributed by atoms with Crippen molar-refractivity contribution in [3.8, 4) is 0 Å². The molecule has 25 heavy (non-hydrogen) atoms. The summed E-state index contributed by atoms with van der Waals surface area (Å²) in [6, 6.07) is 7.77. The van der Waals surface area contributed by atoms with Crippen molar-refractivity contribution < 1.29 is 0 Å². The summed E-state index contributed by atoms with van der Waals surface area (Å²) in [6.45, 7) is 1.72. The Balaban J connectivity index is 1.67. The van der Waals surface area contributed by atoms with Crippen molar-refractivity contribution in [1.82, 2.24) is 18.3 Å². The van der Waals surface area contributed by atoms with E-state index in [2.05, 4.69) is 13.6 Å². The number of hydrogen-bond donors (Lipinski definition) is 0. The average molecular weight is 353 g/mol. The highest BCUT2D eigenvalue weighted by Crippen LogP contribution is 2.36. The van der Waals surface area contributed by atoms with Gasteiger partial charge in [-0.05, 0) is 43.7 Å². The molecule has 1 aromatic carbocycles. The van der Waals surface area contributed by atoms with E-state index in [4.69, 9.17) is 4.98 Å². The molecule has 2 aliphatic rings. The van der Waals surface area contributed by atoms with Crippen molar-refractivity contribution in [2.75, 3.05) is 11.4 Å². The molecule has 3 aromatic rings. The highest BCUT2D eigenvalue weighted by Gasteiger charge is 2.33. The molecule has 1 saturated carbocycles. The standard InChI is InChI=1S/C18H19N5OS/c24-18-13-4-1-2-5-14(13)20-17(23(18)11-12-7-8-12)15-6-3-9-22(15)16-10-19-25-21-16/h1-2,4-5,10,12,15H,3,6-9,11H2. The van der Waals surface area contributed by atoms with Crippen molar-refractivity contribution in [1.29, 1.82) is 0 Å². The van der Waals surface area contributed by atoms with Gasteiger partial charge in [0.1, 0.15) is 5.82 Å². The molecule has 1 atom stereocenters. The van der Waals surface area contributed by atoms with Gasteiger partial charge in [0.25, 0.3) is 5.56 Å². The molecule has 7 heteroatoms. The third kappa shape index (κ3) is 2.63. The zero-order valence-electron chi connectivity index (χ0n) is 13.8. The summed E-state index contributed by atoms with van der Waals surface area (Å²) in [5.74, 6) is 2.41. The number of nitrogens with zero attached hydrogens (tertiary/aromatic N) is 5. The van der Waals surface area contributed by atoms with E-state index in [9.17, 15) is 4.79 Å². The molecule has 1 aliphatic heterocycles. The largest absolute Gasteiger partial charge is 0.344 e. The number of rotatable bonds is 4. The topological polar surface area (TPSA) is 63.9 Å². The van der Waals surface area contributed by atoms with Crippen molar-refractivity contribution in [3.05, 3.63) is 46.6 Å². The average Bonchev–Trinajstić information content (AvgIpc) is 3.11. The zero-order chi connectivity index (χ0) is 16.8. The van der Waals surface area contributed by atoms with E-state index < -0.39 is 0 Å². The SMILES string of the molecule is O=c1c2ccccc2nc(C2CCCN2c2cnsn2)n1CC1CC1. The van der Waals surface area contributed by atoms with Gasteiger partial charge in [0.05, 0.1) is 34.9 Å². The summed E-state index contributed by atoms with van der Waals surface area (Å²) in [5, 5.41) is 0.715. The van der Waals surface area contributed by atoms with Crippen LogP contribution in [0.1, 0.15) is 37.5 Å². The number of aromatic nitrogens is 4. The second-order valence-electron chi connectivity index (χ2n) is 6.96. The predicted molar refractivity (Wildman–Crippen MR) is 98.0 cm³/mol. The molecule has 2 aromatic heterocycles. The second kappa shape index (κ2) is 5.91. The van der Waals surface area contributed by atoms with Gasteiger partial charge in [-0.3, -0.25) is 9.36 Å². The maximum absolute atomic E-state index is 13.1. The van der Waals surface area contributed by atoms with Crippen LogP contribution in [-0.2, 0) is 6.54 Å². The molecule has 0 N–H and O–H groups in total. The fourth-order valence-electron chi connectivity index (χ4n) is 3.77. The first-order valence-electron chi connectivity index (χ1n) is 8.85. The first kappa shape index (κ1) is 15.0. The van der Waals surface area contributed by atoms with Crippen LogP contribution in [-0.4, -0.2) is 24.8 Å². The van der Waals surface area contributed by atoms with Crippen LogP contribution < -0.4 is 10.5 Å². The zero-order valence-corrected chi connectivity index (χ0v) is 14.7. The fraction of sp³-hybridized carbons (Fsp3) is 0.444. The Morgan fingerprint density at radius 1 is 1.20 bits per heavy atom. The molecule has 128 valence electrons. The van der Waals surface area contributed by atoms with Crippen LogP contribution in [0.3, 0.4) is 0 Å². The first-order chi connectivity index (χ1) is 12.3. The highest BCUT2D eigenvalue weighted by atomic mass is 32.1. The Morgan fingerprint density at radius 2 is 2.08 bits per heavy atom. The Hall–Kier alpha value is -2.28. The van der Waals surface area contributed by atoms with Crippen LogP contribution in [0.4, 0.5) is 5.82 Å². The molecule has 1 unspecified atom stereocenters. The molecule has 6 nitrogen and oxygen atoms in total. The lowest BCUT2D eigenvalue weighted by atomic mass is 10.1. The number of hydrogen-bond acceptors (Lipinski definition) is 6. The number of fused-ring (bicyclic) bond motifs is 1. The number of benzene rings is 1. The van der Waals surface area contributed by atoms with Gasteiger partial charge in [-0.2, -0.15) is 8.75 Å². The first-order valence-corrected chi connectivity index (χ1v) is 9.58. The van der Waals surface area contributed by atoms with Gasteiger partial charge in [0, 0.05) is 13.1 Å². The van der Waals surface area contributed by atoms with Crippen LogP contribution in [0.2, 0.25) is 0 Å². The molecule has 1 saturated heterocycles. The van der Waals surface area contributed by atoms with Gasteiger partial charge in [0.2, 0.25) is 0 Å². The van der Waals surface area contributed by atoms with Crippen LogP contribution in [0.15, 0.2) is 35.3 Å². The van der Waals surface area contributed by atoms with Crippen molar-refractivity contribution in [2.24, 2.45) is 5.92 Å². The molecular weight excluding hydrogens is 334 g/mol. The van der Waals surface area contributed by atoms with E-state index in [1.165, 1.54) is 24.6 Å². The predicted octanol–water partition coefficient (Wildman–Crippen LogP) is 3.00. The second-order valence-corrected chi connectivity index (χ2v) is 7.52. The molecule has 2 fully saturated rings. The fourth-order valence-corrected chi connectivity index (χ4v) is 4.19. The van der Waals surface area contributed by atoms with E-state index in [0.29, 0.717) is 11.3 Å². The van der Waals surface area contributed by atoms with Crippen molar-refractivity contribution >= 4 is 28.4 Å². The van der Waals surface area contributed by atoms with Gasteiger partial charge in [-0.15, -0.1) is 0 Å². The molecular formula is C18H19N5OS. The van der Waals surface area contributed by atoms with E-state index >= 15 is 0 Å². The molecule has 0 bridgehead atoms. The quantitative estimate of drug-likeness (QED) is 0.721. The summed E-state index contributed by atoms with van der Waals surface area (Å²) < 4.78 is 10.5. The summed E-state index contributed by atoms with van der Waals surface area (Å²) in [5.41, 5.74) is 0.883. The van der Waals surface area contributed by atoms with Gasteiger partial charge in [-0.1, -0.05) is 12.1 Å². The third-order valence-electron chi connectivity index (χ3n) is 5.22. The van der Waals surface area contributed by atoms with E-state index in [1.54, 1.807) is 0 Å². The molecule has 0 radical (unpaired) electrons.